The number of hydrazone groups is 1. The maximum absolute atomic E-state index is 12.5. The van der Waals surface area contributed by atoms with Crippen molar-refractivity contribution in [3.63, 3.8) is 0 Å². The molecule has 0 aliphatic heterocycles. The molecule has 5 nitrogen and oxygen atoms in total. The Morgan fingerprint density at radius 3 is 2.73 bits per heavy atom. The number of hydrogen-bond acceptors (Lipinski definition) is 4. The molecule has 0 radical (unpaired) electrons. The van der Waals surface area contributed by atoms with Gasteiger partial charge in [0.25, 0.3) is 5.91 Å². The summed E-state index contributed by atoms with van der Waals surface area (Å²) in [4.78, 5) is 14.1. The average molecular weight is 369 g/mol. The predicted octanol–water partition coefficient (Wildman–Crippen LogP) is 4.94. The minimum atomic E-state index is -0.172. The van der Waals surface area contributed by atoms with Crippen molar-refractivity contribution in [3.05, 3.63) is 47.0 Å². The fourth-order valence-corrected chi connectivity index (χ4v) is 3.73. The van der Waals surface area contributed by atoms with E-state index in [1.807, 2.05) is 54.9 Å². The summed E-state index contributed by atoms with van der Waals surface area (Å²) in [5.41, 5.74) is 5.53. The molecule has 0 atom stereocenters. The van der Waals surface area contributed by atoms with Crippen molar-refractivity contribution >= 4 is 33.2 Å². The normalized spacial score (nSPS) is 12.1. The zero-order valence-corrected chi connectivity index (χ0v) is 16.4. The number of rotatable bonds is 6. The van der Waals surface area contributed by atoms with Gasteiger partial charge in [-0.25, -0.2) is 10.1 Å². The molecule has 2 heterocycles. The Morgan fingerprint density at radius 1 is 1.31 bits per heavy atom. The molecule has 0 aliphatic rings. The van der Waals surface area contributed by atoms with E-state index in [9.17, 15) is 4.79 Å². The summed E-state index contributed by atoms with van der Waals surface area (Å²) >= 11 is 1.44. The first kappa shape index (κ1) is 18.3. The highest BCUT2D eigenvalue weighted by molar-refractivity contribution is 7.20. The second-order valence-electron chi connectivity index (χ2n) is 6.88. The summed E-state index contributed by atoms with van der Waals surface area (Å²) in [5.74, 6) is 0.455. The van der Waals surface area contributed by atoms with Gasteiger partial charge in [-0.2, -0.15) is 10.2 Å². The van der Waals surface area contributed by atoms with E-state index in [2.05, 4.69) is 29.5 Å². The summed E-state index contributed by atoms with van der Waals surface area (Å²) in [6.07, 6.45) is 1.96. The number of aromatic nitrogens is 2. The number of fused-ring (bicyclic) bond motifs is 1. The van der Waals surface area contributed by atoms with Gasteiger partial charge >= 0.3 is 0 Å². The van der Waals surface area contributed by atoms with Gasteiger partial charge in [0, 0.05) is 11.1 Å². The first-order chi connectivity index (χ1) is 12.5. The lowest BCUT2D eigenvalue weighted by atomic mass is 10.1. The highest BCUT2D eigenvalue weighted by Gasteiger charge is 2.17. The van der Waals surface area contributed by atoms with Crippen molar-refractivity contribution in [2.45, 2.75) is 40.5 Å². The van der Waals surface area contributed by atoms with Crippen LogP contribution in [0.25, 0.3) is 15.9 Å². The van der Waals surface area contributed by atoms with E-state index >= 15 is 0 Å². The molecule has 3 aromatic rings. The van der Waals surface area contributed by atoms with Crippen LogP contribution < -0.4 is 5.43 Å². The molecule has 0 aliphatic carbocycles. The summed E-state index contributed by atoms with van der Waals surface area (Å²) in [6.45, 7) is 8.28. The molecule has 1 aromatic carbocycles. The third-order valence-corrected chi connectivity index (χ3v) is 5.31. The maximum Gasteiger partial charge on any atom is 0.281 e. The van der Waals surface area contributed by atoms with Gasteiger partial charge in [0.2, 0.25) is 0 Å². The number of carbonyl (C=O) groups is 1. The van der Waals surface area contributed by atoms with E-state index in [0.29, 0.717) is 10.8 Å². The topological polar surface area (TPSA) is 59.3 Å². The highest BCUT2D eigenvalue weighted by Crippen LogP contribution is 2.30. The van der Waals surface area contributed by atoms with Crippen LogP contribution in [0, 0.1) is 12.8 Å². The zero-order valence-electron chi connectivity index (χ0n) is 15.6. The van der Waals surface area contributed by atoms with Crippen molar-refractivity contribution in [3.8, 4) is 5.69 Å². The van der Waals surface area contributed by atoms with E-state index in [0.717, 1.165) is 40.2 Å². The van der Waals surface area contributed by atoms with Crippen LogP contribution in [0.15, 0.2) is 41.5 Å². The summed E-state index contributed by atoms with van der Waals surface area (Å²) in [5, 5.41) is 9.84. The zero-order chi connectivity index (χ0) is 18.7. The molecule has 3 rings (SSSR count). The number of nitrogens with one attached hydrogen (secondary N) is 1. The van der Waals surface area contributed by atoms with Crippen LogP contribution in [0.1, 0.15) is 49.0 Å². The summed E-state index contributed by atoms with van der Waals surface area (Å²) < 4.78 is 1.89. The fraction of sp³-hybridized carbons (Fsp3) is 0.350. The number of thiophene rings is 1. The maximum atomic E-state index is 12.5. The van der Waals surface area contributed by atoms with E-state index in [-0.39, 0.29) is 5.91 Å². The van der Waals surface area contributed by atoms with E-state index < -0.39 is 0 Å². The lowest BCUT2D eigenvalue weighted by Crippen LogP contribution is -2.18. The van der Waals surface area contributed by atoms with Crippen molar-refractivity contribution in [1.82, 2.24) is 15.2 Å². The highest BCUT2D eigenvalue weighted by atomic mass is 32.1. The number of carbonyl (C=O) groups excluding carboxylic acids is 1. The molecule has 2 aromatic heterocycles. The van der Waals surface area contributed by atoms with Gasteiger partial charge in [0.15, 0.2) is 0 Å². The quantitative estimate of drug-likeness (QED) is 0.495. The van der Waals surface area contributed by atoms with E-state index in [1.54, 1.807) is 0 Å². The number of amides is 1. The molecule has 6 heteroatoms. The van der Waals surface area contributed by atoms with Crippen LogP contribution in [0.4, 0.5) is 0 Å². The van der Waals surface area contributed by atoms with Gasteiger partial charge in [0.05, 0.1) is 16.3 Å². The Balaban J connectivity index is 1.81. The Kier molecular flexibility index (Phi) is 5.52. The van der Waals surface area contributed by atoms with Gasteiger partial charge in [-0.1, -0.05) is 32.0 Å². The Bertz CT molecular complexity index is 938. The van der Waals surface area contributed by atoms with E-state index in [4.69, 9.17) is 0 Å². The Morgan fingerprint density at radius 2 is 2.04 bits per heavy atom. The number of nitrogens with zero attached hydrogens (tertiary/aromatic N) is 3. The largest absolute Gasteiger partial charge is 0.281 e. The SMILES string of the molecule is C/C(CCC(C)C)=N\NC(=O)c1cc2c(C)nn(-c3ccccc3)c2s1. The molecular weight excluding hydrogens is 344 g/mol. The molecule has 0 fully saturated rings. The Labute approximate surface area is 157 Å². The van der Waals surface area contributed by atoms with Crippen LogP contribution in [-0.2, 0) is 0 Å². The van der Waals surface area contributed by atoms with Gasteiger partial charge in [-0.3, -0.25) is 4.79 Å². The van der Waals surface area contributed by atoms with Crippen LogP contribution in [0.5, 0.6) is 0 Å². The molecule has 1 amide bonds. The first-order valence-electron chi connectivity index (χ1n) is 8.83. The number of benzene rings is 1. The van der Waals surface area contributed by atoms with E-state index in [1.165, 1.54) is 11.3 Å². The summed E-state index contributed by atoms with van der Waals surface area (Å²) in [6, 6.07) is 11.9. The second kappa shape index (κ2) is 7.83. The fourth-order valence-electron chi connectivity index (χ4n) is 2.66. The lowest BCUT2D eigenvalue weighted by molar-refractivity contribution is 0.0959. The molecule has 0 spiro atoms. The number of para-hydroxylation sites is 1. The average Bonchev–Trinajstić information content (AvgIpc) is 3.19. The van der Waals surface area contributed by atoms with Crippen LogP contribution in [0.2, 0.25) is 0 Å². The third kappa shape index (κ3) is 4.02. The van der Waals surface area contributed by atoms with Gasteiger partial charge in [0.1, 0.15) is 4.83 Å². The smallest absolute Gasteiger partial charge is 0.266 e. The van der Waals surface area contributed by atoms with Crippen molar-refractivity contribution in [2.75, 3.05) is 0 Å². The number of aryl methyl sites for hydroxylation is 1. The molecular formula is C20H24N4OS. The van der Waals surface area contributed by atoms with Crippen molar-refractivity contribution in [2.24, 2.45) is 11.0 Å². The second-order valence-corrected chi connectivity index (χ2v) is 7.91. The minimum Gasteiger partial charge on any atom is -0.266 e. The van der Waals surface area contributed by atoms with Crippen molar-refractivity contribution < 1.29 is 4.79 Å². The number of hydrogen-bond donors (Lipinski definition) is 1. The summed E-state index contributed by atoms with van der Waals surface area (Å²) in [7, 11) is 0. The lowest BCUT2D eigenvalue weighted by Gasteiger charge is -2.04. The monoisotopic (exact) mass is 368 g/mol. The molecule has 0 saturated heterocycles. The molecule has 0 unspecified atom stereocenters. The molecule has 136 valence electrons. The predicted molar refractivity (Wildman–Crippen MR) is 108 cm³/mol. The van der Waals surface area contributed by atoms with Crippen LogP contribution >= 0.6 is 11.3 Å². The van der Waals surface area contributed by atoms with Gasteiger partial charge in [-0.05, 0) is 50.8 Å². The molecule has 1 N–H and O–H groups in total. The first-order valence-corrected chi connectivity index (χ1v) is 9.65. The third-order valence-electron chi connectivity index (χ3n) is 4.20. The molecule has 0 bridgehead atoms. The molecule has 26 heavy (non-hydrogen) atoms. The van der Waals surface area contributed by atoms with Gasteiger partial charge < -0.3 is 0 Å². The Hall–Kier alpha value is -2.47. The van der Waals surface area contributed by atoms with Crippen LogP contribution in [-0.4, -0.2) is 21.4 Å². The molecule has 0 saturated carbocycles. The van der Waals surface area contributed by atoms with Crippen LogP contribution in [0.3, 0.4) is 0 Å². The minimum absolute atomic E-state index is 0.172. The standard InChI is InChI=1S/C20H24N4OS/c1-13(2)10-11-14(3)21-22-19(25)18-12-17-15(4)23-24(20(17)26-18)16-8-6-5-7-9-16/h5-9,12-13H,10-11H2,1-4H3,(H,22,25)/b21-14+. The van der Waals surface area contributed by atoms with Gasteiger partial charge in [-0.15, -0.1) is 11.3 Å². The van der Waals surface area contributed by atoms with Crippen molar-refractivity contribution in [1.29, 1.82) is 0 Å².